The third-order valence-electron chi connectivity index (χ3n) is 2.63. The lowest BCUT2D eigenvalue weighted by molar-refractivity contribution is -0.384. The van der Waals surface area contributed by atoms with Gasteiger partial charge in [-0.1, -0.05) is 6.07 Å². The molecule has 19 heavy (non-hydrogen) atoms. The topological polar surface area (TPSA) is 81.2 Å². The minimum absolute atomic E-state index is 0.114. The van der Waals surface area contributed by atoms with Gasteiger partial charge < -0.3 is 11.1 Å². The SMILES string of the molecule is Cc1ccc(F)cc1Nc1cc(N)cc([N+](=O)[O-])c1. The molecule has 98 valence electrons. The van der Waals surface area contributed by atoms with Gasteiger partial charge in [-0.05, 0) is 30.7 Å². The first-order chi connectivity index (χ1) is 8.95. The van der Waals surface area contributed by atoms with Crippen LogP contribution in [0.15, 0.2) is 36.4 Å². The number of nitrogens with two attached hydrogens (primary N) is 1. The molecule has 2 aromatic carbocycles. The van der Waals surface area contributed by atoms with Crippen LogP contribution in [0.25, 0.3) is 0 Å². The van der Waals surface area contributed by atoms with Crippen molar-refractivity contribution in [2.75, 3.05) is 11.1 Å². The average molecular weight is 261 g/mol. The van der Waals surface area contributed by atoms with Crippen LogP contribution in [0.4, 0.5) is 27.1 Å². The highest BCUT2D eigenvalue weighted by atomic mass is 19.1. The van der Waals surface area contributed by atoms with E-state index in [1.165, 1.54) is 24.3 Å². The molecule has 6 heteroatoms. The summed E-state index contributed by atoms with van der Waals surface area (Å²) in [6.45, 7) is 1.81. The van der Waals surface area contributed by atoms with Crippen LogP contribution in [-0.2, 0) is 0 Å². The molecule has 0 saturated carbocycles. The number of nitrogens with one attached hydrogen (secondary N) is 1. The monoisotopic (exact) mass is 261 g/mol. The van der Waals surface area contributed by atoms with Crippen LogP contribution in [0, 0.1) is 22.9 Å². The molecule has 0 spiro atoms. The first kappa shape index (κ1) is 12.8. The highest BCUT2D eigenvalue weighted by Crippen LogP contribution is 2.27. The number of hydrogen-bond donors (Lipinski definition) is 2. The molecule has 0 aromatic heterocycles. The Kier molecular flexibility index (Phi) is 3.33. The fraction of sp³-hybridized carbons (Fsp3) is 0.0769. The van der Waals surface area contributed by atoms with Gasteiger partial charge in [-0.3, -0.25) is 10.1 Å². The Morgan fingerprint density at radius 2 is 2.00 bits per heavy atom. The van der Waals surface area contributed by atoms with Crippen LogP contribution in [0.1, 0.15) is 5.56 Å². The van der Waals surface area contributed by atoms with Crippen molar-refractivity contribution < 1.29 is 9.31 Å². The highest BCUT2D eigenvalue weighted by molar-refractivity contribution is 5.69. The molecule has 2 rings (SSSR count). The fourth-order valence-electron chi connectivity index (χ4n) is 1.70. The summed E-state index contributed by atoms with van der Waals surface area (Å²) in [5.74, 6) is -0.383. The molecule has 0 fully saturated rings. The molecule has 0 amide bonds. The van der Waals surface area contributed by atoms with Gasteiger partial charge in [0, 0.05) is 29.2 Å². The second-order valence-electron chi connectivity index (χ2n) is 4.15. The number of nitrogens with zero attached hydrogens (tertiary/aromatic N) is 1. The minimum Gasteiger partial charge on any atom is -0.398 e. The maximum Gasteiger partial charge on any atom is 0.273 e. The van der Waals surface area contributed by atoms with E-state index in [1.54, 1.807) is 12.1 Å². The van der Waals surface area contributed by atoms with Gasteiger partial charge in [0.05, 0.1) is 4.92 Å². The van der Waals surface area contributed by atoms with Gasteiger partial charge in [0.15, 0.2) is 0 Å². The fourth-order valence-corrected chi connectivity index (χ4v) is 1.70. The molecule has 0 aliphatic rings. The number of anilines is 3. The predicted octanol–water partition coefficient (Wildman–Crippen LogP) is 3.37. The van der Waals surface area contributed by atoms with Crippen LogP contribution in [0.2, 0.25) is 0 Å². The molecule has 0 aliphatic carbocycles. The molecule has 0 bridgehead atoms. The summed E-state index contributed by atoms with van der Waals surface area (Å²) in [6.07, 6.45) is 0. The summed E-state index contributed by atoms with van der Waals surface area (Å²) < 4.78 is 13.2. The maximum atomic E-state index is 13.2. The molecule has 0 atom stereocenters. The summed E-state index contributed by atoms with van der Waals surface area (Å²) >= 11 is 0. The van der Waals surface area contributed by atoms with Crippen molar-refractivity contribution in [3.8, 4) is 0 Å². The highest BCUT2D eigenvalue weighted by Gasteiger charge is 2.09. The number of nitrogen functional groups attached to an aromatic ring is 1. The Labute approximate surface area is 109 Å². The Morgan fingerprint density at radius 3 is 2.68 bits per heavy atom. The number of nitro groups is 1. The predicted molar refractivity (Wildman–Crippen MR) is 71.9 cm³/mol. The molecule has 5 nitrogen and oxygen atoms in total. The van der Waals surface area contributed by atoms with E-state index in [2.05, 4.69) is 5.32 Å². The molecule has 0 aliphatic heterocycles. The zero-order valence-corrected chi connectivity index (χ0v) is 10.2. The Hall–Kier alpha value is -2.63. The molecular weight excluding hydrogens is 249 g/mol. The smallest absolute Gasteiger partial charge is 0.273 e. The molecule has 0 unspecified atom stereocenters. The van der Waals surface area contributed by atoms with Crippen molar-refractivity contribution in [1.29, 1.82) is 0 Å². The van der Waals surface area contributed by atoms with Crippen LogP contribution in [0.5, 0.6) is 0 Å². The van der Waals surface area contributed by atoms with Gasteiger partial charge >= 0.3 is 0 Å². The molecule has 0 radical (unpaired) electrons. The number of nitro benzene ring substituents is 1. The van der Waals surface area contributed by atoms with Gasteiger partial charge in [-0.15, -0.1) is 0 Å². The van der Waals surface area contributed by atoms with Crippen LogP contribution >= 0.6 is 0 Å². The van der Waals surface area contributed by atoms with Crippen LogP contribution < -0.4 is 11.1 Å². The molecule has 0 saturated heterocycles. The first-order valence-corrected chi connectivity index (χ1v) is 5.54. The van der Waals surface area contributed by atoms with Gasteiger partial charge in [0.25, 0.3) is 5.69 Å². The van der Waals surface area contributed by atoms with Gasteiger partial charge in [-0.25, -0.2) is 4.39 Å². The lowest BCUT2D eigenvalue weighted by atomic mass is 10.1. The van der Waals surface area contributed by atoms with E-state index in [9.17, 15) is 14.5 Å². The summed E-state index contributed by atoms with van der Waals surface area (Å²) in [7, 11) is 0. The number of hydrogen-bond acceptors (Lipinski definition) is 4. The zero-order valence-electron chi connectivity index (χ0n) is 10.2. The quantitative estimate of drug-likeness (QED) is 0.504. The van der Waals surface area contributed by atoms with E-state index in [4.69, 9.17) is 5.73 Å². The molecule has 2 aromatic rings. The largest absolute Gasteiger partial charge is 0.398 e. The van der Waals surface area contributed by atoms with Crippen molar-refractivity contribution in [3.63, 3.8) is 0 Å². The molecular formula is C13H12FN3O2. The standard InChI is InChI=1S/C13H12FN3O2/c1-8-2-3-9(14)4-13(8)16-11-5-10(15)6-12(7-11)17(18)19/h2-7,16H,15H2,1H3. The first-order valence-electron chi connectivity index (χ1n) is 5.54. The molecule has 3 N–H and O–H groups in total. The lowest BCUT2D eigenvalue weighted by Crippen LogP contribution is -1.97. The van der Waals surface area contributed by atoms with Gasteiger partial charge in [-0.2, -0.15) is 0 Å². The van der Waals surface area contributed by atoms with E-state index >= 15 is 0 Å². The summed E-state index contributed by atoms with van der Waals surface area (Å²) in [4.78, 5) is 10.2. The number of non-ortho nitro benzene ring substituents is 1. The number of benzene rings is 2. The van der Waals surface area contributed by atoms with Gasteiger partial charge in [0.1, 0.15) is 5.82 Å². The maximum absolute atomic E-state index is 13.2. The van der Waals surface area contributed by atoms with Crippen LogP contribution in [-0.4, -0.2) is 4.92 Å². The summed E-state index contributed by atoms with van der Waals surface area (Å²) in [6, 6.07) is 8.46. The van der Waals surface area contributed by atoms with Crippen molar-refractivity contribution in [1.82, 2.24) is 0 Å². The van der Waals surface area contributed by atoms with E-state index in [0.29, 0.717) is 11.4 Å². The summed E-state index contributed by atoms with van der Waals surface area (Å²) in [5, 5.41) is 13.7. The third-order valence-corrected chi connectivity index (χ3v) is 2.63. The Bertz CT molecular complexity index is 644. The average Bonchev–Trinajstić information content (AvgIpc) is 2.33. The van der Waals surface area contributed by atoms with Crippen molar-refractivity contribution in [2.24, 2.45) is 0 Å². The van der Waals surface area contributed by atoms with E-state index in [1.807, 2.05) is 6.92 Å². The van der Waals surface area contributed by atoms with E-state index in [0.717, 1.165) is 5.56 Å². The molecule has 0 heterocycles. The Balaban J connectivity index is 2.38. The Morgan fingerprint density at radius 1 is 1.26 bits per heavy atom. The number of rotatable bonds is 3. The van der Waals surface area contributed by atoms with Crippen LogP contribution in [0.3, 0.4) is 0 Å². The lowest BCUT2D eigenvalue weighted by Gasteiger charge is -2.10. The third kappa shape index (κ3) is 2.98. The summed E-state index contributed by atoms with van der Waals surface area (Å²) in [5.41, 5.74) is 7.57. The second kappa shape index (κ2) is 4.93. The van der Waals surface area contributed by atoms with E-state index in [-0.39, 0.29) is 17.2 Å². The number of aryl methyl sites for hydroxylation is 1. The zero-order chi connectivity index (χ0) is 14.0. The van der Waals surface area contributed by atoms with Crippen molar-refractivity contribution in [3.05, 3.63) is 57.9 Å². The normalized spacial score (nSPS) is 10.2. The number of halogens is 1. The van der Waals surface area contributed by atoms with Crippen molar-refractivity contribution in [2.45, 2.75) is 6.92 Å². The minimum atomic E-state index is -0.528. The van der Waals surface area contributed by atoms with Gasteiger partial charge in [0.2, 0.25) is 0 Å². The van der Waals surface area contributed by atoms with Crippen molar-refractivity contribution >= 4 is 22.7 Å². The van der Waals surface area contributed by atoms with E-state index < -0.39 is 4.92 Å². The second-order valence-corrected chi connectivity index (χ2v) is 4.15.